The maximum absolute atomic E-state index is 10.0. The van der Waals surface area contributed by atoms with Crippen LogP contribution in [0.1, 0.15) is 68.7 Å². The van der Waals surface area contributed by atoms with Gasteiger partial charge in [-0.2, -0.15) is 5.10 Å². The van der Waals surface area contributed by atoms with Gasteiger partial charge in [0.2, 0.25) is 0 Å². The molecule has 4 aromatic rings. The molecule has 8 nitrogen and oxygen atoms in total. The van der Waals surface area contributed by atoms with Crippen LogP contribution in [0.15, 0.2) is 18.7 Å². The van der Waals surface area contributed by atoms with Gasteiger partial charge < -0.3 is 20.3 Å². The predicted molar refractivity (Wildman–Crippen MR) is 146 cm³/mol. The standard InChI is InChI=1S/C28H39N7O/c1-16(2)23-24-19(5)26(34-10-8-20(9-11-34)30-14-28(6,7)36)29-12-22(24)33-25(23)21-13-35-27(31-15-32-35)18(4)17(21)3/h12-13,15-16,20,30,33,36H,8-11,14H2,1-7H3. The average Bonchev–Trinajstić information content (AvgIpc) is 3.45. The zero-order valence-corrected chi connectivity index (χ0v) is 22.6. The van der Waals surface area contributed by atoms with Gasteiger partial charge in [0.05, 0.1) is 23.0 Å². The molecule has 0 aliphatic carbocycles. The molecule has 5 rings (SSSR count). The van der Waals surface area contributed by atoms with Crippen molar-refractivity contribution in [3.8, 4) is 11.3 Å². The van der Waals surface area contributed by atoms with Gasteiger partial charge in [-0.15, -0.1) is 0 Å². The smallest absolute Gasteiger partial charge is 0.158 e. The maximum Gasteiger partial charge on any atom is 0.158 e. The fraction of sp³-hybridized carbons (Fsp3) is 0.536. The topological polar surface area (TPSA) is 94.4 Å². The third-order valence-electron chi connectivity index (χ3n) is 7.68. The number of aryl methyl sites for hydroxylation is 2. The van der Waals surface area contributed by atoms with Gasteiger partial charge in [0.25, 0.3) is 0 Å². The largest absolute Gasteiger partial charge is 0.389 e. The normalized spacial score (nSPS) is 15.6. The summed E-state index contributed by atoms with van der Waals surface area (Å²) in [5.74, 6) is 1.42. The third-order valence-corrected chi connectivity index (χ3v) is 7.68. The molecule has 0 radical (unpaired) electrons. The molecule has 0 saturated carbocycles. The lowest BCUT2D eigenvalue weighted by Gasteiger charge is -2.35. The van der Waals surface area contributed by atoms with Crippen LogP contribution in [-0.2, 0) is 0 Å². The van der Waals surface area contributed by atoms with Crippen LogP contribution >= 0.6 is 0 Å². The summed E-state index contributed by atoms with van der Waals surface area (Å²) in [4.78, 5) is 15.5. The number of H-pyrrole nitrogens is 1. The molecule has 0 atom stereocenters. The van der Waals surface area contributed by atoms with E-state index in [9.17, 15) is 5.11 Å². The molecule has 1 fully saturated rings. The molecule has 192 valence electrons. The Balaban J connectivity index is 1.52. The number of anilines is 1. The monoisotopic (exact) mass is 489 g/mol. The van der Waals surface area contributed by atoms with Crippen LogP contribution < -0.4 is 10.2 Å². The maximum atomic E-state index is 10.0. The van der Waals surface area contributed by atoms with Crippen molar-refractivity contribution in [1.82, 2.24) is 29.9 Å². The molecule has 0 spiro atoms. The molecule has 1 saturated heterocycles. The highest BCUT2D eigenvalue weighted by Crippen LogP contribution is 2.41. The van der Waals surface area contributed by atoms with E-state index in [1.165, 1.54) is 22.1 Å². The predicted octanol–water partition coefficient (Wildman–Crippen LogP) is 4.65. The lowest BCUT2D eigenvalue weighted by molar-refractivity contribution is 0.0752. The highest BCUT2D eigenvalue weighted by atomic mass is 16.3. The number of fused-ring (bicyclic) bond motifs is 2. The number of piperidine rings is 1. The number of nitrogens with zero attached hydrogens (tertiary/aromatic N) is 5. The van der Waals surface area contributed by atoms with Crippen LogP contribution in [0.25, 0.3) is 27.8 Å². The lowest BCUT2D eigenvalue weighted by atomic mass is 9.92. The second kappa shape index (κ2) is 9.16. The van der Waals surface area contributed by atoms with Crippen molar-refractivity contribution < 1.29 is 5.11 Å². The Hall–Kier alpha value is -2.97. The van der Waals surface area contributed by atoms with Crippen molar-refractivity contribution in [2.75, 3.05) is 24.5 Å². The summed E-state index contributed by atoms with van der Waals surface area (Å²) in [7, 11) is 0. The number of aromatic amines is 1. The molecular weight excluding hydrogens is 450 g/mol. The minimum absolute atomic E-state index is 0.339. The highest BCUT2D eigenvalue weighted by Gasteiger charge is 2.26. The Labute approximate surface area is 213 Å². The number of aliphatic hydroxyl groups is 1. The van der Waals surface area contributed by atoms with E-state index >= 15 is 0 Å². The van der Waals surface area contributed by atoms with Crippen LogP contribution in [0, 0.1) is 20.8 Å². The Morgan fingerprint density at radius 1 is 1.11 bits per heavy atom. The van der Waals surface area contributed by atoms with Crippen LogP contribution in [0.5, 0.6) is 0 Å². The molecule has 0 amide bonds. The lowest BCUT2D eigenvalue weighted by Crippen LogP contribution is -2.47. The number of nitrogens with one attached hydrogen (secondary N) is 2. The van der Waals surface area contributed by atoms with Crippen LogP contribution in [0.4, 0.5) is 5.82 Å². The van der Waals surface area contributed by atoms with Crippen LogP contribution in [0.2, 0.25) is 0 Å². The summed E-state index contributed by atoms with van der Waals surface area (Å²) in [6.07, 6.45) is 7.80. The minimum atomic E-state index is -0.686. The zero-order chi connectivity index (χ0) is 25.8. The molecule has 8 heteroatoms. The van der Waals surface area contributed by atoms with Crippen LogP contribution in [-0.4, -0.2) is 60.9 Å². The quantitative estimate of drug-likeness (QED) is 0.365. The summed E-state index contributed by atoms with van der Waals surface area (Å²) < 4.78 is 1.87. The number of rotatable bonds is 6. The molecule has 36 heavy (non-hydrogen) atoms. The van der Waals surface area contributed by atoms with Gasteiger partial charge in [-0.05, 0) is 70.1 Å². The first-order valence-corrected chi connectivity index (χ1v) is 13.1. The summed E-state index contributed by atoms with van der Waals surface area (Å²) in [6.45, 7) is 17.3. The SMILES string of the molecule is Cc1c(-c2[nH]c3cnc(N4CCC(NCC(C)(C)O)CC4)c(C)c3c2C(C)C)cn2ncnc2c1C. The summed E-state index contributed by atoms with van der Waals surface area (Å²) in [5.41, 5.74) is 8.53. The Morgan fingerprint density at radius 2 is 1.83 bits per heavy atom. The van der Waals surface area contributed by atoms with E-state index in [1.807, 2.05) is 24.6 Å². The fourth-order valence-corrected chi connectivity index (χ4v) is 5.62. The molecule has 0 unspecified atom stereocenters. The van der Waals surface area contributed by atoms with E-state index in [0.717, 1.165) is 59.7 Å². The Bertz CT molecular complexity index is 1400. The summed E-state index contributed by atoms with van der Waals surface area (Å²) in [5, 5.41) is 19.3. The molecule has 0 bridgehead atoms. The third kappa shape index (κ3) is 4.37. The molecular formula is C28H39N7O. The summed E-state index contributed by atoms with van der Waals surface area (Å²) >= 11 is 0. The van der Waals surface area contributed by atoms with Crippen LogP contribution in [0.3, 0.4) is 0 Å². The van der Waals surface area contributed by atoms with Gasteiger partial charge >= 0.3 is 0 Å². The van der Waals surface area contributed by atoms with Crippen molar-refractivity contribution >= 4 is 22.4 Å². The van der Waals surface area contributed by atoms with Crippen molar-refractivity contribution in [2.24, 2.45) is 0 Å². The van der Waals surface area contributed by atoms with Crippen molar-refractivity contribution in [3.63, 3.8) is 0 Å². The molecule has 1 aliphatic rings. The van der Waals surface area contributed by atoms with Crippen molar-refractivity contribution in [1.29, 1.82) is 0 Å². The average molecular weight is 490 g/mol. The van der Waals surface area contributed by atoms with Gasteiger partial charge in [0, 0.05) is 48.4 Å². The van der Waals surface area contributed by atoms with Gasteiger partial charge in [-0.25, -0.2) is 14.5 Å². The summed E-state index contributed by atoms with van der Waals surface area (Å²) in [6, 6.07) is 0.430. The van der Waals surface area contributed by atoms with Gasteiger partial charge in [-0.3, -0.25) is 0 Å². The first-order chi connectivity index (χ1) is 17.0. The number of aromatic nitrogens is 5. The van der Waals surface area contributed by atoms with E-state index in [2.05, 4.69) is 66.1 Å². The van der Waals surface area contributed by atoms with Crippen molar-refractivity contribution in [3.05, 3.63) is 41.0 Å². The molecule has 5 heterocycles. The molecule has 4 aromatic heterocycles. The first kappa shape index (κ1) is 24.7. The number of hydrogen-bond donors (Lipinski definition) is 3. The van der Waals surface area contributed by atoms with E-state index in [0.29, 0.717) is 18.5 Å². The zero-order valence-electron chi connectivity index (χ0n) is 22.6. The second-order valence-electron chi connectivity index (χ2n) is 11.3. The highest BCUT2D eigenvalue weighted by molar-refractivity contribution is 5.96. The molecule has 3 N–H and O–H groups in total. The Morgan fingerprint density at radius 3 is 2.50 bits per heavy atom. The number of pyridine rings is 2. The van der Waals surface area contributed by atoms with Gasteiger partial charge in [-0.1, -0.05) is 13.8 Å². The Kier molecular flexibility index (Phi) is 6.29. The fourth-order valence-electron chi connectivity index (χ4n) is 5.62. The van der Waals surface area contributed by atoms with E-state index in [-0.39, 0.29) is 0 Å². The first-order valence-electron chi connectivity index (χ1n) is 13.1. The number of hydrogen-bond acceptors (Lipinski definition) is 6. The molecule has 1 aliphatic heterocycles. The van der Waals surface area contributed by atoms with Gasteiger partial charge in [0.15, 0.2) is 5.65 Å². The van der Waals surface area contributed by atoms with E-state index in [4.69, 9.17) is 4.98 Å². The van der Waals surface area contributed by atoms with E-state index < -0.39 is 5.60 Å². The van der Waals surface area contributed by atoms with Gasteiger partial charge in [0.1, 0.15) is 12.1 Å². The minimum Gasteiger partial charge on any atom is -0.389 e. The molecule has 0 aromatic carbocycles. The van der Waals surface area contributed by atoms with Crippen molar-refractivity contribution in [2.45, 2.75) is 78.9 Å². The second-order valence-corrected chi connectivity index (χ2v) is 11.3. The van der Waals surface area contributed by atoms with E-state index in [1.54, 1.807) is 6.33 Å².